The Morgan fingerprint density at radius 3 is 2.71 bits per heavy atom. The highest BCUT2D eigenvalue weighted by molar-refractivity contribution is 6.05. The van der Waals surface area contributed by atoms with Crippen molar-refractivity contribution in [3.05, 3.63) is 71.8 Å². The Hall–Kier alpha value is -3.34. The van der Waals surface area contributed by atoms with Crippen LogP contribution in [0.2, 0.25) is 0 Å². The molecule has 0 radical (unpaired) electrons. The minimum atomic E-state index is -0.136. The first-order chi connectivity index (χ1) is 13.7. The topological polar surface area (TPSA) is 51.1 Å². The van der Waals surface area contributed by atoms with Crippen LogP contribution in [0, 0.1) is 0 Å². The fourth-order valence-electron chi connectivity index (χ4n) is 3.83. The van der Waals surface area contributed by atoms with E-state index in [1.807, 2.05) is 37.3 Å². The molecular formula is C23H20N2O3. The first-order valence-electron chi connectivity index (χ1n) is 9.51. The molecule has 0 spiro atoms. The number of fused-ring (bicyclic) bond motifs is 2. The molecule has 0 N–H and O–H groups in total. The molecule has 1 amide bonds. The van der Waals surface area contributed by atoms with Gasteiger partial charge in [0.25, 0.3) is 0 Å². The van der Waals surface area contributed by atoms with Gasteiger partial charge in [0.1, 0.15) is 0 Å². The summed E-state index contributed by atoms with van der Waals surface area (Å²) in [5.41, 5.74) is 2.98. The molecule has 0 saturated carbocycles. The summed E-state index contributed by atoms with van der Waals surface area (Å²) in [6, 6.07) is 20.3. The van der Waals surface area contributed by atoms with Gasteiger partial charge in [0, 0.05) is 12.8 Å². The van der Waals surface area contributed by atoms with Crippen molar-refractivity contribution in [1.82, 2.24) is 5.01 Å². The Kier molecular flexibility index (Phi) is 4.01. The van der Waals surface area contributed by atoms with Crippen molar-refractivity contribution in [2.75, 3.05) is 6.79 Å². The van der Waals surface area contributed by atoms with E-state index < -0.39 is 0 Å². The van der Waals surface area contributed by atoms with Crippen LogP contribution >= 0.6 is 0 Å². The number of hydrazone groups is 1. The first kappa shape index (κ1) is 16.8. The third-order valence-corrected chi connectivity index (χ3v) is 5.33. The van der Waals surface area contributed by atoms with Gasteiger partial charge in [-0.25, -0.2) is 5.01 Å². The van der Waals surface area contributed by atoms with Gasteiger partial charge in [0.05, 0.1) is 11.8 Å². The molecule has 0 saturated heterocycles. The molecule has 0 unspecified atom stereocenters. The molecular weight excluding hydrogens is 352 g/mol. The molecule has 3 aromatic rings. The van der Waals surface area contributed by atoms with Crippen LogP contribution in [-0.4, -0.2) is 23.4 Å². The van der Waals surface area contributed by atoms with Gasteiger partial charge >= 0.3 is 0 Å². The number of carbonyl (C=O) groups is 1. The van der Waals surface area contributed by atoms with Crippen LogP contribution in [0.3, 0.4) is 0 Å². The molecule has 5 nitrogen and oxygen atoms in total. The summed E-state index contributed by atoms with van der Waals surface area (Å²) in [6.45, 7) is 2.10. The maximum absolute atomic E-state index is 12.6. The molecule has 2 aliphatic heterocycles. The molecule has 0 aromatic heterocycles. The molecule has 0 bridgehead atoms. The van der Waals surface area contributed by atoms with E-state index in [0.29, 0.717) is 12.8 Å². The fraction of sp³-hybridized carbons (Fsp3) is 0.217. The molecule has 2 aliphatic rings. The summed E-state index contributed by atoms with van der Waals surface area (Å²) in [7, 11) is 0. The predicted molar refractivity (Wildman–Crippen MR) is 108 cm³/mol. The monoisotopic (exact) mass is 372 g/mol. The van der Waals surface area contributed by atoms with E-state index in [-0.39, 0.29) is 18.7 Å². The zero-order chi connectivity index (χ0) is 19.1. The van der Waals surface area contributed by atoms with E-state index >= 15 is 0 Å². The number of benzene rings is 3. The van der Waals surface area contributed by atoms with Gasteiger partial charge in [-0.2, -0.15) is 5.10 Å². The van der Waals surface area contributed by atoms with Crippen molar-refractivity contribution >= 4 is 22.4 Å². The van der Waals surface area contributed by atoms with Gasteiger partial charge in [-0.05, 0) is 40.1 Å². The number of amides is 1. The molecule has 3 aromatic carbocycles. The average molecular weight is 372 g/mol. The lowest BCUT2D eigenvalue weighted by molar-refractivity contribution is -0.132. The van der Waals surface area contributed by atoms with E-state index in [0.717, 1.165) is 28.3 Å². The average Bonchev–Trinajstić information content (AvgIpc) is 3.39. The van der Waals surface area contributed by atoms with Crippen molar-refractivity contribution in [2.24, 2.45) is 5.10 Å². The van der Waals surface area contributed by atoms with Gasteiger partial charge in [0.15, 0.2) is 11.5 Å². The van der Waals surface area contributed by atoms with Gasteiger partial charge in [0.2, 0.25) is 12.7 Å². The normalized spacial score (nSPS) is 17.8. The van der Waals surface area contributed by atoms with Crippen LogP contribution in [0.25, 0.3) is 10.8 Å². The Morgan fingerprint density at radius 1 is 1.04 bits per heavy atom. The summed E-state index contributed by atoms with van der Waals surface area (Å²) in [6.07, 6.45) is 1.08. The van der Waals surface area contributed by atoms with Crippen LogP contribution in [0.1, 0.15) is 36.9 Å². The van der Waals surface area contributed by atoms with Crippen molar-refractivity contribution < 1.29 is 14.3 Å². The zero-order valence-electron chi connectivity index (χ0n) is 15.6. The highest BCUT2D eigenvalue weighted by Gasteiger charge is 2.33. The molecule has 0 aliphatic carbocycles. The van der Waals surface area contributed by atoms with Crippen molar-refractivity contribution in [3.63, 3.8) is 0 Å². The summed E-state index contributed by atoms with van der Waals surface area (Å²) < 4.78 is 10.9. The summed E-state index contributed by atoms with van der Waals surface area (Å²) in [4.78, 5) is 12.6. The van der Waals surface area contributed by atoms with E-state index in [1.165, 1.54) is 10.8 Å². The molecule has 5 rings (SSSR count). The molecule has 1 atom stereocenters. The maximum atomic E-state index is 12.6. The number of hydrogen-bond acceptors (Lipinski definition) is 4. The van der Waals surface area contributed by atoms with Gasteiger partial charge < -0.3 is 9.47 Å². The van der Waals surface area contributed by atoms with Crippen molar-refractivity contribution in [2.45, 2.75) is 25.8 Å². The summed E-state index contributed by atoms with van der Waals surface area (Å²) in [5.74, 6) is 1.48. The van der Waals surface area contributed by atoms with Crippen LogP contribution in [0.5, 0.6) is 11.5 Å². The van der Waals surface area contributed by atoms with Crippen molar-refractivity contribution in [3.8, 4) is 11.5 Å². The Labute approximate surface area is 163 Å². The van der Waals surface area contributed by atoms with Gasteiger partial charge in [-0.15, -0.1) is 0 Å². The van der Waals surface area contributed by atoms with E-state index in [2.05, 4.69) is 30.3 Å². The lowest BCUT2D eigenvalue weighted by Crippen LogP contribution is -2.26. The van der Waals surface area contributed by atoms with Gasteiger partial charge in [-0.3, -0.25) is 4.79 Å². The van der Waals surface area contributed by atoms with Crippen molar-refractivity contribution in [1.29, 1.82) is 0 Å². The third-order valence-electron chi connectivity index (χ3n) is 5.33. The first-order valence-corrected chi connectivity index (χ1v) is 9.51. The summed E-state index contributed by atoms with van der Waals surface area (Å²) >= 11 is 0. The Bertz CT molecular complexity index is 1110. The van der Waals surface area contributed by atoms with Gasteiger partial charge in [-0.1, -0.05) is 49.4 Å². The third kappa shape index (κ3) is 2.80. The van der Waals surface area contributed by atoms with E-state index in [9.17, 15) is 4.79 Å². The summed E-state index contributed by atoms with van der Waals surface area (Å²) in [5, 5.41) is 8.70. The van der Waals surface area contributed by atoms with Crippen LogP contribution in [0.15, 0.2) is 65.8 Å². The second kappa shape index (κ2) is 6.68. The van der Waals surface area contributed by atoms with E-state index in [1.54, 1.807) is 5.01 Å². The lowest BCUT2D eigenvalue weighted by Gasteiger charge is -2.21. The van der Waals surface area contributed by atoms with Crippen LogP contribution in [-0.2, 0) is 4.79 Å². The lowest BCUT2D eigenvalue weighted by atomic mass is 9.96. The highest BCUT2D eigenvalue weighted by Crippen LogP contribution is 2.39. The Balaban J connectivity index is 1.52. The quantitative estimate of drug-likeness (QED) is 0.672. The smallest absolute Gasteiger partial charge is 0.242 e. The molecule has 2 heterocycles. The van der Waals surface area contributed by atoms with Crippen LogP contribution < -0.4 is 9.47 Å². The SMILES string of the molecule is CCC(=O)N1N=C(c2ccc3ccccc3c2)C[C@H]1c1ccc2c(c1)OCO2. The maximum Gasteiger partial charge on any atom is 0.242 e. The minimum absolute atomic E-state index is 0.0125. The van der Waals surface area contributed by atoms with E-state index in [4.69, 9.17) is 14.6 Å². The largest absolute Gasteiger partial charge is 0.454 e. The number of carbonyl (C=O) groups excluding carboxylic acids is 1. The number of hydrogen-bond donors (Lipinski definition) is 0. The minimum Gasteiger partial charge on any atom is -0.454 e. The standard InChI is InChI=1S/C23H20N2O3/c1-2-23(26)25-20(18-9-10-21-22(12-18)28-14-27-21)13-19(24-25)17-8-7-15-5-3-4-6-16(15)11-17/h3-12,20H,2,13-14H2,1H3/t20-/m0/s1. The fourth-order valence-corrected chi connectivity index (χ4v) is 3.83. The molecule has 28 heavy (non-hydrogen) atoms. The molecule has 140 valence electrons. The molecule has 0 fully saturated rings. The highest BCUT2D eigenvalue weighted by atomic mass is 16.7. The zero-order valence-corrected chi connectivity index (χ0v) is 15.6. The number of ether oxygens (including phenoxy) is 2. The Morgan fingerprint density at radius 2 is 1.86 bits per heavy atom. The number of rotatable bonds is 3. The van der Waals surface area contributed by atoms with Crippen LogP contribution in [0.4, 0.5) is 0 Å². The second-order valence-corrected chi connectivity index (χ2v) is 7.03. The predicted octanol–water partition coefficient (Wildman–Crippen LogP) is 4.66. The number of nitrogens with zero attached hydrogens (tertiary/aromatic N) is 2. The second-order valence-electron chi connectivity index (χ2n) is 7.03. The molecule has 5 heteroatoms.